The lowest BCUT2D eigenvalue weighted by Gasteiger charge is -2.43. The van der Waals surface area contributed by atoms with Crippen LogP contribution in [-0.4, -0.2) is 11.3 Å². The first kappa shape index (κ1) is 27.9. The molecule has 0 unspecified atom stereocenters. The standard InChI is InChI=1S/C46H33BN2O/c1-46(2)35-18-8-9-19-37(35)47-38-20-10-13-23-43(38)50-44-27-32(26-36(46)45(44)47)49-39-21-11-6-14-29(39)24-30-25-34-33-17-7-12-22-40(33)48(42(34)28-41(30)49)31-15-4-3-5-16-31/h3-23,25-28H,24H2,1-2H3. The van der Waals surface area contributed by atoms with Gasteiger partial charge in [-0.15, -0.1) is 0 Å². The first-order valence-electron chi connectivity index (χ1n) is 17.6. The summed E-state index contributed by atoms with van der Waals surface area (Å²) in [6.45, 7) is 4.88. The highest BCUT2D eigenvalue weighted by Crippen LogP contribution is 2.49. The van der Waals surface area contributed by atoms with Crippen LogP contribution in [0.4, 0.5) is 17.1 Å². The van der Waals surface area contributed by atoms with E-state index in [2.05, 4.69) is 175 Å². The van der Waals surface area contributed by atoms with Crippen LogP contribution in [0.3, 0.4) is 0 Å². The van der Waals surface area contributed by atoms with E-state index in [9.17, 15) is 0 Å². The van der Waals surface area contributed by atoms with Crippen LogP contribution < -0.4 is 26.0 Å². The molecule has 0 radical (unpaired) electrons. The molecule has 0 fully saturated rings. The lowest BCUT2D eigenvalue weighted by molar-refractivity contribution is 0.484. The van der Waals surface area contributed by atoms with E-state index in [-0.39, 0.29) is 12.1 Å². The number of nitrogens with zero attached hydrogens (tertiary/aromatic N) is 2. The van der Waals surface area contributed by atoms with Gasteiger partial charge < -0.3 is 14.2 Å². The van der Waals surface area contributed by atoms with Crippen molar-refractivity contribution in [1.29, 1.82) is 0 Å². The van der Waals surface area contributed by atoms with Gasteiger partial charge in [-0.25, -0.2) is 0 Å². The van der Waals surface area contributed by atoms with E-state index in [4.69, 9.17) is 4.74 Å². The third-order valence-corrected chi connectivity index (χ3v) is 11.5. The number of hydrogen-bond acceptors (Lipinski definition) is 2. The number of para-hydroxylation sites is 4. The molecule has 11 rings (SSSR count). The summed E-state index contributed by atoms with van der Waals surface area (Å²) in [6, 6.07) is 55.7. The van der Waals surface area contributed by atoms with E-state index in [0.717, 1.165) is 29.3 Å². The van der Waals surface area contributed by atoms with Gasteiger partial charge in [0.05, 0.1) is 22.4 Å². The molecular formula is C46H33BN2O. The molecule has 0 aliphatic carbocycles. The van der Waals surface area contributed by atoms with Gasteiger partial charge in [0.25, 0.3) is 6.71 Å². The molecule has 4 heterocycles. The Morgan fingerprint density at radius 1 is 0.540 bits per heavy atom. The second kappa shape index (κ2) is 10.0. The number of benzene rings is 7. The topological polar surface area (TPSA) is 17.4 Å². The van der Waals surface area contributed by atoms with Crippen molar-refractivity contribution in [1.82, 2.24) is 4.57 Å². The third-order valence-electron chi connectivity index (χ3n) is 11.5. The molecule has 3 aliphatic heterocycles. The van der Waals surface area contributed by atoms with Gasteiger partial charge in [0.15, 0.2) is 0 Å². The van der Waals surface area contributed by atoms with Crippen LogP contribution in [0, 0.1) is 0 Å². The number of fused-ring (bicyclic) bond motifs is 9. The molecule has 0 saturated heterocycles. The SMILES string of the molecule is CC1(C)c2ccccc2B2c3ccccc3Oc3cc(N4c5ccccc5Cc5cc6c7ccccc7n(-c7ccccc7)c6cc54)cc1c32. The maximum Gasteiger partial charge on any atom is 0.251 e. The Morgan fingerprint density at radius 2 is 1.28 bits per heavy atom. The quantitative estimate of drug-likeness (QED) is 0.175. The highest BCUT2D eigenvalue weighted by molar-refractivity contribution is 6.98. The van der Waals surface area contributed by atoms with Crippen molar-refractivity contribution in [3.05, 3.63) is 174 Å². The number of aromatic nitrogens is 1. The molecule has 236 valence electrons. The van der Waals surface area contributed by atoms with Crippen LogP contribution in [0.15, 0.2) is 152 Å². The summed E-state index contributed by atoms with van der Waals surface area (Å²) in [6.07, 6.45) is 0.880. The summed E-state index contributed by atoms with van der Waals surface area (Å²) in [5, 5.41) is 2.56. The maximum atomic E-state index is 6.90. The minimum atomic E-state index is -0.218. The summed E-state index contributed by atoms with van der Waals surface area (Å²) < 4.78 is 9.32. The fraction of sp³-hybridized carbons (Fsp3) is 0.0870. The van der Waals surface area contributed by atoms with Crippen LogP contribution in [0.1, 0.15) is 36.1 Å². The van der Waals surface area contributed by atoms with Gasteiger partial charge in [0.2, 0.25) is 0 Å². The summed E-state index contributed by atoms with van der Waals surface area (Å²) in [5.74, 6) is 1.89. The van der Waals surface area contributed by atoms with Crippen molar-refractivity contribution < 1.29 is 4.74 Å². The van der Waals surface area contributed by atoms with Crippen molar-refractivity contribution in [2.24, 2.45) is 0 Å². The highest BCUT2D eigenvalue weighted by Gasteiger charge is 2.45. The van der Waals surface area contributed by atoms with E-state index in [1.54, 1.807) is 0 Å². The number of hydrogen-bond donors (Lipinski definition) is 0. The second-order valence-electron chi connectivity index (χ2n) is 14.5. The first-order chi connectivity index (χ1) is 24.6. The Labute approximate surface area is 292 Å². The monoisotopic (exact) mass is 640 g/mol. The van der Waals surface area contributed by atoms with Crippen molar-refractivity contribution in [2.45, 2.75) is 25.7 Å². The molecule has 0 saturated carbocycles. The minimum Gasteiger partial charge on any atom is -0.458 e. The molecule has 4 heteroatoms. The largest absolute Gasteiger partial charge is 0.458 e. The Morgan fingerprint density at radius 3 is 2.18 bits per heavy atom. The van der Waals surface area contributed by atoms with Crippen LogP contribution >= 0.6 is 0 Å². The summed E-state index contributed by atoms with van der Waals surface area (Å²) >= 11 is 0. The molecule has 0 atom stereocenters. The average Bonchev–Trinajstić information content (AvgIpc) is 3.47. The van der Waals surface area contributed by atoms with E-state index in [1.807, 2.05) is 0 Å². The lowest BCUT2D eigenvalue weighted by atomic mass is 9.30. The summed E-state index contributed by atoms with van der Waals surface area (Å²) in [4.78, 5) is 2.49. The van der Waals surface area contributed by atoms with Crippen molar-refractivity contribution in [2.75, 3.05) is 4.90 Å². The van der Waals surface area contributed by atoms with Gasteiger partial charge in [0.1, 0.15) is 11.5 Å². The molecule has 3 nitrogen and oxygen atoms in total. The third kappa shape index (κ3) is 3.71. The Kier molecular flexibility index (Phi) is 5.59. The Bertz CT molecular complexity index is 2710. The van der Waals surface area contributed by atoms with E-state index < -0.39 is 0 Å². The lowest BCUT2D eigenvalue weighted by Crippen LogP contribution is -2.62. The molecule has 8 aromatic rings. The van der Waals surface area contributed by atoms with E-state index in [0.29, 0.717) is 0 Å². The van der Waals surface area contributed by atoms with Gasteiger partial charge in [-0.2, -0.15) is 0 Å². The number of rotatable bonds is 2. The van der Waals surface area contributed by atoms with Crippen LogP contribution in [0.25, 0.3) is 27.5 Å². The van der Waals surface area contributed by atoms with Crippen molar-refractivity contribution >= 4 is 62.0 Å². The van der Waals surface area contributed by atoms with Crippen LogP contribution in [0.2, 0.25) is 0 Å². The molecule has 3 aliphatic rings. The molecule has 0 spiro atoms. The molecule has 0 bridgehead atoms. The van der Waals surface area contributed by atoms with Gasteiger partial charge in [-0.1, -0.05) is 116 Å². The molecule has 7 aromatic carbocycles. The maximum absolute atomic E-state index is 6.90. The fourth-order valence-electron chi connectivity index (χ4n) is 9.26. The van der Waals surface area contributed by atoms with E-state index in [1.165, 1.54) is 71.8 Å². The zero-order valence-corrected chi connectivity index (χ0v) is 28.0. The zero-order chi connectivity index (χ0) is 33.1. The van der Waals surface area contributed by atoms with Gasteiger partial charge in [-0.05, 0) is 81.7 Å². The predicted octanol–water partition coefficient (Wildman–Crippen LogP) is 9.42. The van der Waals surface area contributed by atoms with Gasteiger partial charge in [0, 0.05) is 40.0 Å². The molecule has 0 amide bonds. The highest BCUT2D eigenvalue weighted by atomic mass is 16.5. The minimum absolute atomic E-state index is 0.130. The summed E-state index contributed by atoms with van der Waals surface area (Å²) in [5.41, 5.74) is 16.2. The van der Waals surface area contributed by atoms with Crippen LogP contribution in [-0.2, 0) is 11.8 Å². The molecule has 1 aromatic heterocycles. The number of anilines is 3. The normalized spacial score (nSPS) is 14.8. The number of ether oxygens (including phenoxy) is 1. The molecule has 50 heavy (non-hydrogen) atoms. The first-order valence-corrected chi connectivity index (χ1v) is 17.6. The Balaban J connectivity index is 1.20. The van der Waals surface area contributed by atoms with Gasteiger partial charge in [-0.3, -0.25) is 0 Å². The molecular weight excluding hydrogens is 607 g/mol. The smallest absolute Gasteiger partial charge is 0.251 e. The van der Waals surface area contributed by atoms with E-state index >= 15 is 0 Å². The Hall–Kier alpha value is -6.00. The van der Waals surface area contributed by atoms with Crippen LogP contribution in [0.5, 0.6) is 11.5 Å². The zero-order valence-electron chi connectivity index (χ0n) is 28.0. The summed E-state index contributed by atoms with van der Waals surface area (Å²) in [7, 11) is 0. The van der Waals surface area contributed by atoms with Crippen molar-refractivity contribution in [3.8, 4) is 17.2 Å². The molecule has 0 N–H and O–H groups in total. The second-order valence-corrected chi connectivity index (χ2v) is 14.5. The fourth-order valence-corrected chi connectivity index (χ4v) is 9.26. The average molecular weight is 641 g/mol. The predicted molar refractivity (Wildman–Crippen MR) is 208 cm³/mol. The van der Waals surface area contributed by atoms with Gasteiger partial charge >= 0.3 is 0 Å². The van der Waals surface area contributed by atoms with Crippen molar-refractivity contribution in [3.63, 3.8) is 0 Å².